The highest BCUT2D eigenvalue weighted by Gasteiger charge is 2.39. The number of ether oxygens (including phenoxy) is 3. The zero-order chi connectivity index (χ0) is 14.9. The first kappa shape index (κ1) is 14.2. The summed E-state index contributed by atoms with van der Waals surface area (Å²) in [4.78, 5) is 12.3. The second-order valence-electron chi connectivity index (χ2n) is 5.27. The van der Waals surface area contributed by atoms with Crippen LogP contribution in [0.4, 0.5) is 0 Å². The number of carbonyl (C=O) groups excluding carboxylic acids is 1. The van der Waals surface area contributed by atoms with Crippen molar-refractivity contribution in [1.82, 2.24) is 0 Å². The van der Waals surface area contributed by atoms with E-state index in [4.69, 9.17) is 14.2 Å². The van der Waals surface area contributed by atoms with Crippen LogP contribution in [-0.4, -0.2) is 26.1 Å². The van der Waals surface area contributed by atoms with Gasteiger partial charge in [-0.2, -0.15) is 5.26 Å². The minimum Gasteiger partial charge on any atom is -0.496 e. The molecule has 1 aromatic carbocycles. The summed E-state index contributed by atoms with van der Waals surface area (Å²) in [6, 6.07) is 5.48. The monoisotopic (exact) mass is 275 g/mol. The molecule has 0 fully saturated rings. The smallest absolute Gasteiger partial charge is 0.174 e. The van der Waals surface area contributed by atoms with Crippen molar-refractivity contribution in [2.75, 3.05) is 14.2 Å². The van der Waals surface area contributed by atoms with Gasteiger partial charge in [-0.25, -0.2) is 0 Å². The van der Waals surface area contributed by atoms with Gasteiger partial charge in [0.1, 0.15) is 28.9 Å². The van der Waals surface area contributed by atoms with Crippen molar-refractivity contribution < 1.29 is 19.0 Å². The van der Waals surface area contributed by atoms with Crippen molar-refractivity contribution >= 4 is 5.78 Å². The number of nitrogens with zero attached hydrogens (tertiary/aromatic N) is 1. The van der Waals surface area contributed by atoms with Crippen LogP contribution in [0.15, 0.2) is 12.1 Å². The SMILES string of the molecule is COc1cc(OC)c2c(c1)OC(C(C)(C)C#N)CC2=O. The van der Waals surface area contributed by atoms with E-state index in [1.807, 2.05) is 0 Å². The quantitative estimate of drug-likeness (QED) is 0.848. The van der Waals surface area contributed by atoms with Crippen molar-refractivity contribution in [1.29, 1.82) is 5.26 Å². The van der Waals surface area contributed by atoms with Crippen LogP contribution < -0.4 is 14.2 Å². The lowest BCUT2D eigenvalue weighted by Crippen LogP contribution is -2.38. The first-order chi connectivity index (χ1) is 9.42. The van der Waals surface area contributed by atoms with E-state index in [0.29, 0.717) is 22.8 Å². The molecular formula is C15H17NO4. The summed E-state index contributed by atoms with van der Waals surface area (Å²) in [5, 5.41) is 9.19. The van der Waals surface area contributed by atoms with Crippen molar-refractivity contribution in [3.05, 3.63) is 17.7 Å². The number of hydrogen-bond donors (Lipinski definition) is 0. The van der Waals surface area contributed by atoms with Crippen LogP contribution >= 0.6 is 0 Å². The number of nitriles is 1. The van der Waals surface area contributed by atoms with Gasteiger partial charge < -0.3 is 14.2 Å². The molecule has 1 aliphatic rings. The molecule has 1 aliphatic heterocycles. The van der Waals surface area contributed by atoms with Crippen molar-refractivity contribution in [2.24, 2.45) is 5.41 Å². The Balaban J connectivity index is 2.50. The van der Waals surface area contributed by atoms with E-state index in [2.05, 4.69) is 6.07 Å². The van der Waals surface area contributed by atoms with Crippen LogP contribution in [0.25, 0.3) is 0 Å². The molecule has 2 rings (SSSR count). The number of benzene rings is 1. The molecule has 0 saturated heterocycles. The predicted molar refractivity (Wildman–Crippen MR) is 72.3 cm³/mol. The number of hydrogen-bond acceptors (Lipinski definition) is 5. The van der Waals surface area contributed by atoms with Crippen LogP contribution in [0.5, 0.6) is 17.2 Å². The summed E-state index contributed by atoms with van der Waals surface area (Å²) < 4.78 is 16.2. The highest BCUT2D eigenvalue weighted by Crippen LogP contribution is 2.41. The zero-order valence-corrected chi connectivity index (χ0v) is 12.0. The zero-order valence-electron chi connectivity index (χ0n) is 12.0. The molecule has 1 heterocycles. The number of Topliss-reactive ketones (excluding diaryl/α,β-unsaturated/α-hetero) is 1. The van der Waals surface area contributed by atoms with Crippen LogP contribution in [-0.2, 0) is 0 Å². The molecule has 0 amide bonds. The highest BCUT2D eigenvalue weighted by atomic mass is 16.5. The Labute approximate surface area is 118 Å². The van der Waals surface area contributed by atoms with Gasteiger partial charge in [0.25, 0.3) is 0 Å². The Morgan fingerprint density at radius 3 is 2.60 bits per heavy atom. The Hall–Kier alpha value is -2.22. The van der Waals surface area contributed by atoms with Gasteiger partial charge in [0, 0.05) is 18.6 Å². The Bertz CT molecular complexity index is 586. The van der Waals surface area contributed by atoms with Gasteiger partial charge in [-0.05, 0) is 13.8 Å². The molecule has 0 saturated carbocycles. The lowest BCUT2D eigenvalue weighted by Gasteiger charge is -2.33. The number of methoxy groups -OCH3 is 2. The van der Waals surface area contributed by atoms with E-state index in [9.17, 15) is 10.1 Å². The van der Waals surface area contributed by atoms with Crippen LogP contribution in [0.2, 0.25) is 0 Å². The van der Waals surface area contributed by atoms with Crippen molar-refractivity contribution in [3.63, 3.8) is 0 Å². The first-order valence-corrected chi connectivity index (χ1v) is 6.30. The van der Waals surface area contributed by atoms with E-state index < -0.39 is 11.5 Å². The van der Waals surface area contributed by atoms with E-state index >= 15 is 0 Å². The third kappa shape index (κ3) is 2.29. The van der Waals surface area contributed by atoms with Crippen molar-refractivity contribution in [3.8, 4) is 23.3 Å². The number of fused-ring (bicyclic) bond motifs is 1. The molecule has 1 aromatic rings. The molecule has 5 heteroatoms. The first-order valence-electron chi connectivity index (χ1n) is 6.30. The maximum Gasteiger partial charge on any atom is 0.174 e. The lowest BCUT2D eigenvalue weighted by molar-refractivity contribution is 0.0648. The lowest BCUT2D eigenvalue weighted by atomic mass is 9.82. The van der Waals surface area contributed by atoms with Gasteiger partial charge in [-0.3, -0.25) is 4.79 Å². The molecule has 5 nitrogen and oxygen atoms in total. The van der Waals surface area contributed by atoms with Gasteiger partial charge in [-0.15, -0.1) is 0 Å². The summed E-state index contributed by atoms with van der Waals surface area (Å²) in [5.41, 5.74) is -0.331. The summed E-state index contributed by atoms with van der Waals surface area (Å²) in [6.45, 7) is 3.51. The number of rotatable bonds is 3. The fraction of sp³-hybridized carbons (Fsp3) is 0.467. The average Bonchev–Trinajstić information content (AvgIpc) is 2.45. The van der Waals surface area contributed by atoms with Gasteiger partial charge in [0.15, 0.2) is 5.78 Å². The minimum atomic E-state index is -0.746. The predicted octanol–water partition coefficient (Wildman–Crippen LogP) is 2.59. The van der Waals surface area contributed by atoms with E-state index in [1.165, 1.54) is 14.2 Å². The molecule has 0 aromatic heterocycles. The maximum absolute atomic E-state index is 12.3. The van der Waals surface area contributed by atoms with E-state index in [-0.39, 0.29) is 12.2 Å². The van der Waals surface area contributed by atoms with Gasteiger partial charge in [-0.1, -0.05) is 0 Å². The molecule has 1 unspecified atom stereocenters. The molecule has 0 aliphatic carbocycles. The molecule has 0 radical (unpaired) electrons. The topological polar surface area (TPSA) is 68.6 Å². The molecular weight excluding hydrogens is 258 g/mol. The molecule has 0 bridgehead atoms. The summed E-state index contributed by atoms with van der Waals surface area (Å²) in [5.74, 6) is 1.30. The molecule has 106 valence electrons. The normalized spacial score (nSPS) is 17.8. The summed E-state index contributed by atoms with van der Waals surface area (Å²) in [6.07, 6.45) is -0.319. The Kier molecular flexibility index (Phi) is 3.58. The van der Waals surface area contributed by atoms with E-state index in [0.717, 1.165) is 0 Å². The van der Waals surface area contributed by atoms with Gasteiger partial charge in [0.2, 0.25) is 0 Å². The van der Waals surface area contributed by atoms with Crippen LogP contribution in [0.1, 0.15) is 30.6 Å². The third-order valence-corrected chi connectivity index (χ3v) is 3.51. The van der Waals surface area contributed by atoms with Crippen LogP contribution in [0.3, 0.4) is 0 Å². The largest absolute Gasteiger partial charge is 0.496 e. The second kappa shape index (κ2) is 5.04. The third-order valence-electron chi connectivity index (χ3n) is 3.51. The number of carbonyl (C=O) groups is 1. The second-order valence-corrected chi connectivity index (χ2v) is 5.27. The standard InChI is InChI=1S/C15H17NO4/c1-15(2,8-16)13-7-10(17)14-11(19-4)5-9(18-3)6-12(14)20-13/h5-6,13H,7H2,1-4H3. The summed E-state index contributed by atoms with van der Waals surface area (Å²) in [7, 11) is 3.02. The average molecular weight is 275 g/mol. The Morgan fingerprint density at radius 1 is 1.35 bits per heavy atom. The Morgan fingerprint density at radius 2 is 2.05 bits per heavy atom. The minimum absolute atomic E-state index is 0.0842. The fourth-order valence-corrected chi connectivity index (χ4v) is 2.15. The molecule has 1 atom stereocenters. The summed E-state index contributed by atoms with van der Waals surface area (Å²) >= 11 is 0. The molecule has 20 heavy (non-hydrogen) atoms. The highest BCUT2D eigenvalue weighted by molar-refractivity contribution is 6.02. The number of ketones is 1. The van der Waals surface area contributed by atoms with Crippen molar-refractivity contribution in [2.45, 2.75) is 26.4 Å². The van der Waals surface area contributed by atoms with Gasteiger partial charge in [0.05, 0.1) is 25.7 Å². The molecule has 0 spiro atoms. The maximum atomic E-state index is 12.3. The van der Waals surface area contributed by atoms with Gasteiger partial charge >= 0.3 is 0 Å². The fourth-order valence-electron chi connectivity index (χ4n) is 2.15. The van der Waals surface area contributed by atoms with Crippen LogP contribution in [0, 0.1) is 16.7 Å². The molecule has 0 N–H and O–H groups in total. The van der Waals surface area contributed by atoms with E-state index in [1.54, 1.807) is 26.0 Å².